The molecule has 0 aromatic rings. The highest BCUT2D eigenvalue weighted by Gasteiger charge is 2.27. The second kappa shape index (κ2) is 7.63. The second-order valence-electron chi connectivity index (χ2n) is 4.47. The molecule has 16 heavy (non-hydrogen) atoms. The van der Waals surface area contributed by atoms with Crippen LogP contribution in [0.4, 0.5) is 0 Å². The summed E-state index contributed by atoms with van der Waals surface area (Å²) in [4.78, 5) is 13.5. The Morgan fingerprint density at radius 3 is 2.81 bits per heavy atom. The predicted octanol–water partition coefficient (Wildman–Crippen LogP) is 1.00. The lowest BCUT2D eigenvalue weighted by atomic mass is 10.1. The van der Waals surface area contributed by atoms with E-state index in [0.29, 0.717) is 18.9 Å². The summed E-state index contributed by atoms with van der Waals surface area (Å²) in [7, 11) is 0. The molecule has 2 N–H and O–H groups in total. The van der Waals surface area contributed by atoms with E-state index >= 15 is 0 Å². The van der Waals surface area contributed by atoms with Crippen molar-refractivity contribution in [2.24, 2.45) is 11.7 Å². The highest BCUT2D eigenvalue weighted by atomic mass is 16.5. The van der Waals surface area contributed by atoms with E-state index in [4.69, 9.17) is 10.5 Å². The third-order valence-electron chi connectivity index (χ3n) is 2.99. The highest BCUT2D eigenvalue weighted by molar-refractivity contribution is 5.78. The maximum absolute atomic E-state index is 11.5. The highest BCUT2D eigenvalue weighted by Crippen LogP contribution is 2.16. The van der Waals surface area contributed by atoms with Gasteiger partial charge in [0.25, 0.3) is 0 Å². The van der Waals surface area contributed by atoms with Gasteiger partial charge in [0, 0.05) is 32.7 Å². The molecular weight excluding hydrogens is 204 g/mol. The third kappa shape index (κ3) is 4.49. The van der Waals surface area contributed by atoms with Crippen LogP contribution in [0.5, 0.6) is 0 Å². The number of ether oxygens (including phenoxy) is 1. The van der Waals surface area contributed by atoms with Crippen molar-refractivity contribution in [3.8, 4) is 0 Å². The molecular formula is C12H24N2O2. The summed E-state index contributed by atoms with van der Waals surface area (Å²) in [5.41, 5.74) is 5.56. The van der Waals surface area contributed by atoms with E-state index in [1.54, 1.807) is 0 Å². The van der Waals surface area contributed by atoms with Gasteiger partial charge in [0.15, 0.2) is 0 Å². The zero-order valence-corrected chi connectivity index (χ0v) is 10.3. The molecule has 94 valence electrons. The Labute approximate surface area is 98.1 Å². The molecule has 1 amide bonds. The van der Waals surface area contributed by atoms with Gasteiger partial charge < -0.3 is 15.4 Å². The normalized spacial score (nSPS) is 20.8. The predicted molar refractivity (Wildman–Crippen MR) is 64.1 cm³/mol. The van der Waals surface area contributed by atoms with Crippen LogP contribution in [0, 0.1) is 5.92 Å². The molecule has 1 heterocycles. The summed E-state index contributed by atoms with van der Waals surface area (Å²) in [6.07, 6.45) is 3.86. The summed E-state index contributed by atoms with van der Waals surface area (Å²) in [6.45, 7) is 6.03. The first-order valence-electron chi connectivity index (χ1n) is 6.33. The van der Waals surface area contributed by atoms with Gasteiger partial charge in [0.05, 0.1) is 0 Å². The van der Waals surface area contributed by atoms with E-state index in [1.807, 2.05) is 4.90 Å². The van der Waals surface area contributed by atoms with E-state index in [9.17, 15) is 4.79 Å². The minimum atomic E-state index is 0.254. The summed E-state index contributed by atoms with van der Waals surface area (Å²) in [5, 5.41) is 0. The number of carbonyl (C=O) groups is 1. The molecule has 4 heteroatoms. The van der Waals surface area contributed by atoms with Crippen molar-refractivity contribution in [1.29, 1.82) is 0 Å². The van der Waals surface area contributed by atoms with Crippen LogP contribution in [0.25, 0.3) is 0 Å². The fourth-order valence-electron chi connectivity index (χ4n) is 1.93. The minimum absolute atomic E-state index is 0.254. The summed E-state index contributed by atoms with van der Waals surface area (Å²) >= 11 is 0. The van der Waals surface area contributed by atoms with Crippen LogP contribution in [-0.4, -0.2) is 43.7 Å². The smallest absolute Gasteiger partial charge is 0.222 e. The molecule has 0 bridgehead atoms. The topological polar surface area (TPSA) is 55.6 Å². The molecule has 1 saturated heterocycles. The largest absolute Gasteiger partial charge is 0.381 e. The number of hydrogen-bond donors (Lipinski definition) is 1. The Bertz CT molecular complexity index is 209. The summed E-state index contributed by atoms with van der Waals surface area (Å²) < 4.78 is 5.46. The first-order valence-corrected chi connectivity index (χ1v) is 6.33. The van der Waals surface area contributed by atoms with Crippen LogP contribution < -0.4 is 5.73 Å². The monoisotopic (exact) mass is 228 g/mol. The minimum Gasteiger partial charge on any atom is -0.381 e. The number of carbonyl (C=O) groups excluding carboxylic acids is 1. The number of rotatable bonds is 8. The average molecular weight is 228 g/mol. The molecule has 0 spiro atoms. The first kappa shape index (κ1) is 13.5. The van der Waals surface area contributed by atoms with Crippen molar-refractivity contribution in [1.82, 2.24) is 4.90 Å². The fourth-order valence-corrected chi connectivity index (χ4v) is 1.93. The molecule has 1 aliphatic rings. The molecule has 0 aliphatic carbocycles. The van der Waals surface area contributed by atoms with Crippen molar-refractivity contribution in [3.63, 3.8) is 0 Å². The van der Waals surface area contributed by atoms with Crippen LogP contribution in [0.2, 0.25) is 0 Å². The molecule has 1 rings (SSSR count). The molecule has 1 unspecified atom stereocenters. The molecule has 0 saturated carbocycles. The molecule has 1 fully saturated rings. The number of nitrogens with zero attached hydrogens (tertiary/aromatic N) is 1. The summed E-state index contributed by atoms with van der Waals surface area (Å²) in [5.74, 6) is 0.623. The van der Waals surface area contributed by atoms with E-state index in [2.05, 4.69) is 6.92 Å². The zero-order valence-electron chi connectivity index (χ0n) is 10.3. The van der Waals surface area contributed by atoms with Crippen molar-refractivity contribution in [3.05, 3.63) is 0 Å². The van der Waals surface area contributed by atoms with E-state index in [-0.39, 0.29) is 5.91 Å². The molecule has 1 atom stereocenters. The van der Waals surface area contributed by atoms with Gasteiger partial charge in [-0.3, -0.25) is 4.79 Å². The lowest BCUT2D eigenvalue weighted by molar-refractivity contribution is -0.127. The Hall–Kier alpha value is -0.610. The van der Waals surface area contributed by atoms with Crippen molar-refractivity contribution >= 4 is 5.91 Å². The molecule has 0 aromatic carbocycles. The van der Waals surface area contributed by atoms with Crippen LogP contribution in [0.15, 0.2) is 0 Å². The number of likely N-dealkylation sites (tertiary alicyclic amines) is 1. The standard InChI is InChI=1S/C12H24N2O2/c1-2-3-6-16-7-4-5-14-10-11(9-13)8-12(14)15/h11H,2-10,13H2,1H3. The van der Waals surface area contributed by atoms with Crippen LogP contribution in [-0.2, 0) is 9.53 Å². The third-order valence-corrected chi connectivity index (χ3v) is 2.99. The van der Waals surface area contributed by atoms with Gasteiger partial charge in [0.2, 0.25) is 5.91 Å². The van der Waals surface area contributed by atoms with Crippen LogP contribution in [0.3, 0.4) is 0 Å². The van der Waals surface area contributed by atoms with Gasteiger partial charge in [-0.05, 0) is 25.3 Å². The van der Waals surface area contributed by atoms with E-state index in [1.165, 1.54) is 6.42 Å². The zero-order chi connectivity index (χ0) is 11.8. The first-order chi connectivity index (χ1) is 7.77. The summed E-state index contributed by atoms with van der Waals surface area (Å²) in [6, 6.07) is 0. The SMILES string of the molecule is CCCCOCCCN1CC(CN)CC1=O. The number of nitrogens with two attached hydrogens (primary N) is 1. The van der Waals surface area contributed by atoms with Crippen molar-refractivity contribution in [2.45, 2.75) is 32.6 Å². The van der Waals surface area contributed by atoms with E-state index in [0.717, 1.165) is 39.1 Å². The number of unbranched alkanes of at least 4 members (excludes halogenated alkanes) is 1. The lowest BCUT2D eigenvalue weighted by Crippen LogP contribution is -2.28. The van der Waals surface area contributed by atoms with Crippen molar-refractivity contribution < 1.29 is 9.53 Å². The van der Waals surface area contributed by atoms with Gasteiger partial charge in [-0.2, -0.15) is 0 Å². The van der Waals surface area contributed by atoms with Crippen LogP contribution >= 0.6 is 0 Å². The van der Waals surface area contributed by atoms with Gasteiger partial charge in [-0.25, -0.2) is 0 Å². The maximum atomic E-state index is 11.5. The quantitative estimate of drug-likeness (QED) is 0.631. The van der Waals surface area contributed by atoms with Crippen molar-refractivity contribution in [2.75, 3.05) is 32.8 Å². The van der Waals surface area contributed by atoms with Gasteiger partial charge >= 0.3 is 0 Å². The Morgan fingerprint density at radius 2 is 2.19 bits per heavy atom. The van der Waals surface area contributed by atoms with Gasteiger partial charge in [-0.1, -0.05) is 13.3 Å². The maximum Gasteiger partial charge on any atom is 0.222 e. The van der Waals surface area contributed by atoms with Crippen LogP contribution in [0.1, 0.15) is 32.6 Å². The fraction of sp³-hybridized carbons (Fsp3) is 0.917. The van der Waals surface area contributed by atoms with Gasteiger partial charge in [0.1, 0.15) is 0 Å². The molecule has 0 aromatic heterocycles. The number of hydrogen-bond acceptors (Lipinski definition) is 3. The molecule has 0 radical (unpaired) electrons. The Balaban J connectivity index is 2.03. The Morgan fingerprint density at radius 1 is 1.44 bits per heavy atom. The second-order valence-corrected chi connectivity index (χ2v) is 4.47. The van der Waals surface area contributed by atoms with E-state index < -0.39 is 0 Å². The Kier molecular flexibility index (Phi) is 6.42. The number of amides is 1. The average Bonchev–Trinajstić information content (AvgIpc) is 2.65. The lowest BCUT2D eigenvalue weighted by Gasteiger charge is -2.16. The molecule has 4 nitrogen and oxygen atoms in total. The molecule has 1 aliphatic heterocycles. The van der Waals surface area contributed by atoms with Gasteiger partial charge in [-0.15, -0.1) is 0 Å².